The van der Waals surface area contributed by atoms with Gasteiger partial charge in [-0.3, -0.25) is 4.79 Å². The zero-order valence-corrected chi connectivity index (χ0v) is 16.7. The van der Waals surface area contributed by atoms with Crippen molar-refractivity contribution in [1.29, 1.82) is 0 Å². The van der Waals surface area contributed by atoms with Crippen LogP contribution in [-0.2, 0) is 0 Å². The smallest absolute Gasteiger partial charge is 0.254 e. The van der Waals surface area contributed by atoms with Gasteiger partial charge in [-0.05, 0) is 48.7 Å². The number of carbonyl (C=O) groups excluding carboxylic acids is 1. The van der Waals surface area contributed by atoms with E-state index in [0.717, 1.165) is 17.0 Å². The molecule has 0 aliphatic carbocycles. The number of ether oxygens (including phenoxy) is 1. The SMILES string of the molecule is CC(C)COc1cccc(C(=O)N(C)[C@@H](C)c2ccc(-n3cncn3)cc2)c1. The molecule has 1 amide bonds. The topological polar surface area (TPSA) is 60.2 Å². The van der Waals surface area contributed by atoms with Crippen molar-refractivity contribution in [1.82, 2.24) is 19.7 Å². The highest BCUT2D eigenvalue weighted by Crippen LogP contribution is 2.23. The van der Waals surface area contributed by atoms with E-state index in [-0.39, 0.29) is 11.9 Å². The van der Waals surface area contributed by atoms with Gasteiger partial charge in [0.15, 0.2) is 0 Å². The summed E-state index contributed by atoms with van der Waals surface area (Å²) in [6, 6.07) is 15.3. The molecule has 28 heavy (non-hydrogen) atoms. The standard InChI is InChI=1S/C22H26N4O2/c1-16(2)13-28-21-7-5-6-19(12-21)22(27)25(4)17(3)18-8-10-20(11-9-18)26-15-23-14-24-26/h5-12,14-17H,13H2,1-4H3/t17-/m0/s1. The zero-order chi connectivity index (χ0) is 20.1. The molecule has 2 aromatic carbocycles. The molecule has 146 valence electrons. The number of rotatable bonds is 7. The Labute approximate surface area is 165 Å². The van der Waals surface area contributed by atoms with Crippen molar-refractivity contribution in [3.05, 3.63) is 72.3 Å². The van der Waals surface area contributed by atoms with Gasteiger partial charge >= 0.3 is 0 Å². The summed E-state index contributed by atoms with van der Waals surface area (Å²) < 4.78 is 7.45. The molecule has 0 fully saturated rings. The van der Waals surface area contributed by atoms with E-state index < -0.39 is 0 Å². The van der Waals surface area contributed by atoms with Gasteiger partial charge in [-0.2, -0.15) is 5.10 Å². The van der Waals surface area contributed by atoms with Gasteiger partial charge in [0.2, 0.25) is 0 Å². The average molecular weight is 378 g/mol. The Kier molecular flexibility index (Phi) is 6.09. The summed E-state index contributed by atoms with van der Waals surface area (Å²) in [5.74, 6) is 1.11. The van der Waals surface area contributed by atoms with Crippen LogP contribution < -0.4 is 4.74 Å². The van der Waals surface area contributed by atoms with E-state index in [1.54, 1.807) is 15.9 Å². The van der Waals surface area contributed by atoms with E-state index in [1.165, 1.54) is 6.33 Å². The van der Waals surface area contributed by atoms with Gasteiger partial charge in [-0.15, -0.1) is 0 Å². The van der Waals surface area contributed by atoms with Crippen LogP contribution in [0.3, 0.4) is 0 Å². The Morgan fingerprint density at radius 2 is 1.89 bits per heavy atom. The van der Waals surface area contributed by atoms with Crippen molar-refractivity contribution >= 4 is 5.91 Å². The third-order valence-corrected chi connectivity index (χ3v) is 4.62. The molecule has 3 rings (SSSR count). The van der Waals surface area contributed by atoms with Crippen molar-refractivity contribution in [3.8, 4) is 11.4 Å². The van der Waals surface area contributed by atoms with Crippen LogP contribution >= 0.6 is 0 Å². The number of hydrogen-bond donors (Lipinski definition) is 0. The van der Waals surface area contributed by atoms with Gasteiger partial charge in [-0.1, -0.05) is 32.0 Å². The number of amides is 1. The third-order valence-electron chi connectivity index (χ3n) is 4.62. The van der Waals surface area contributed by atoms with E-state index in [4.69, 9.17) is 4.74 Å². The van der Waals surface area contributed by atoms with Crippen molar-refractivity contribution in [2.45, 2.75) is 26.8 Å². The fourth-order valence-corrected chi connectivity index (χ4v) is 2.83. The Bertz CT molecular complexity index is 905. The van der Waals surface area contributed by atoms with Crippen LogP contribution in [0.1, 0.15) is 42.7 Å². The minimum absolute atomic E-state index is 0.0390. The number of hydrogen-bond acceptors (Lipinski definition) is 4. The Morgan fingerprint density at radius 1 is 1.14 bits per heavy atom. The van der Waals surface area contributed by atoms with E-state index in [0.29, 0.717) is 18.1 Å². The first-order chi connectivity index (χ1) is 13.5. The number of benzene rings is 2. The van der Waals surface area contributed by atoms with Crippen LogP contribution in [-0.4, -0.2) is 39.2 Å². The lowest BCUT2D eigenvalue weighted by molar-refractivity contribution is 0.0742. The number of carbonyl (C=O) groups is 1. The predicted octanol–water partition coefficient (Wildman–Crippen LogP) is 4.14. The lowest BCUT2D eigenvalue weighted by Gasteiger charge is -2.26. The van der Waals surface area contributed by atoms with Crippen molar-refractivity contribution in [2.75, 3.05) is 13.7 Å². The Balaban J connectivity index is 1.71. The molecule has 0 saturated carbocycles. The molecule has 1 aromatic heterocycles. The highest BCUT2D eigenvalue weighted by molar-refractivity contribution is 5.94. The molecule has 3 aromatic rings. The van der Waals surface area contributed by atoms with Crippen LogP contribution in [0, 0.1) is 5.92 Å². The molecule has 0 spiro atoms. The summed E-state index contributed by atoms with van der Waals surface area (Å²) in [4.78, 5) is 18.7. The lowest BCUT2D eigenvalue weighted by atomic mass is 10.1. The Morgan fingerprint density at radius 3 is 2.54 bits per heavy atom. The third kappa shape index (κ3) is 4.57. The van der Waals surface area contributed by atoms with Gasteiger partial charge in [-0.25, -0.2) is 9.67 Å². The van der Waals surface area contributed by atoms with Crippen LogP contribution in [0.5, 0.6) is 5.75 Å². The molecule has 0 saturated heterocycles. The van der Waals surface area contributed by atoms with Gasteiger partial charge in [0.25, 0.3) is 5.91 Å². The first kappa shape index (κ1) is 19.6. The van der Waals surface area contributed by atoms with E-state index in [1.807, 2.05) is 62.5 Å². The fraction of sp³-hybridized carbons (Fsp3) is 0.318. The van der Waals surface area contributed by atoms with E-state index >= 15 is 0 Å². The molecule has 0 bridgehead atoms. The summed E-state index contributed by atoms with van der Waals surface area (Å²) >= 11 is 0. The van der Waals surface area contributed by atoms with Crippen LogP contribution in [0.4, 0.5) is 0 Å². The summed E-state index contributed by atoms with van der Waals surface area (Å²) in [5, 5.41) is 4.13. The average Bonchev–Trinajstić information content (AvgIpc) is 3.26. The highest BCUT2D eigenvalue weighted by Gasteiger charge is 2.19. The molecular formula is C22H26N4O2. The Hall–Kier alpha value is -3.15. The minimum Gasteiger partial charge on any atom is -0.493 e. The maximum atomic E-state index is 13.0. The van der Waals surface area contributed by atoms with Crippen molar-refractivity contribution in [3.63, 3.8) is 0 Å². The largest absolute Gasteiger partial charge is 0.493 e. The molecule has 6 heteroatoms. The van der Waals surface area contributed by atoms with Gasteiger partial charge in [0, 0.05) is 12.6 Å². The number of aromatic nitrogens is 3. The molecule has 0 N–H and O–H groups in total. The van der Waals surface area contributed by atoms with Gasteiger partial charge < -0.3 is 9.64 Å². The summed E-state index contributed by atoms with van der Waals surface area (Å²) in [5.41, 5.74) is 2.60. The second-order valence-corrected chi connectivity index (χ2v) is 7.26. The molecule has 0 aliphatic heterocycles. The molecule has 0 aliphatic rings. The van der Waals surface area contributed by atoms with E-state index in [9.17, 15) is 4.79 Å². The summed E-state index contributed by atoms with van der Waals surface area (Å²) in [6.07, 6.45) is 3.16. The number of nitrogens with zero attached hydrogens (tertiary/aromatic N) is 4. The normalized spacial score (nSPS) is 12.0. The van der Waals surface area contributed by atoms with Crippen LogP contribution in [0.25, 0.3) is 5.69 Å². The minimum atomic E-state index is -0.0717. The maximum absolute atomic E-state index is 13.0. The second-order valence-electron chi connectivity index (χ2n) is 7.26. The summed E-state index contributed by atoms with van der Waals surface area (Å²) in [6.45, 7) is 6.83. The van der Waals surface area contributed by atoms with Gasteiger partial charge in [0.05, 0.1) is 18.3 Å². The molecule has 1 heterocycles. The quantitative estimate of drug-likeness (QED) is 0.620. The summed E-state index contributed by atoms with van der Waals surface area (Å²) in [7, 11) is 1.82. The molecule has 6 nitrogen and oxygen atoms in total. The maximum Gasteiger partial charge on any atom is 0.254 e. The lowest BCUT2D eigenvalue weighted by Crippen LogP contribution is -2.29. The van der Waals surface area contributed by atoms with Gasteiger partial charge in [0.1, 0.15) is 18.4 Å². The first-order valence-corrected chi connectivity index (χ1v) is 9.40. The molecule has 0 radical (unpaired) electrons. The monoisotopic (exact) mass is 378 g/mol. The zero-order valence-electron chi connectivity index (χ0n) is 16.7. The molecule has 0 unspecified atom stereocenters. The fourth-order valence-electron chi connectivity index (χ4n) is 2.83. The van der Waals surface area contributed by atoms with Crippen molar-refractivity contribution < 1.29 is 9.53 Å². The van der Waals surface area contributed by atoms with Crippen molar-refractivity contribution in [2.24, 2.45) is 5.92 Å². The predicted molar refractivity (Wildman–Crippen MR) is 109 cm³/mol. The highest BCUT2D eigenvalue weighted by atomic mass is 16.5. The van der Waals surface area contributed by atoms with Crippen LogP contribution in [0.15, 0.2) is 61.2 Å². The second kappa shape index (κ2) is 8.69. The molecule has 1 atom stereocenters. The molecular weight excluding hydrogens is 352 g/mol. The van der Waals surface area contributed by atoms with Crippen LogP contribution in [0.2, 0.25) is 0 Å². The first-order valence-electron chi connectivity index (χ1n) is 9.40. The van der Waals surface area contributed by atoms with E-state index in [2.05, 4.69) is 23.9 Å².